The van der Waals surface area contributed by atoms with Crippen LogP contribution in [0.1, 0.15) is 101 Å². The number of piperazine rings is 1. The first-order valence-corrected chi connectivity index (χ1v) is 26.1. The highest BCUT2D eigenvalue weighted by Gasteiger charge is 2.43. The summed E-state index contributed by atoms with van der Waals surface area (Å²) in [6.07, 6.45) is 5.84. The number of rotatable bonds is 22. The largest absolute Gasteiger partial charge is 0.508 e. The van der Waals surface area contributed by atoms with Crippen molar-refractivity contribution in [3.05, 3.63) is 131 Å². The van der Waals surface area contributed by atoms with E-state index in [2.05, 4.69) is 65.2 Å². The molecule has 4 aromatic carbocycles. The van der Waals surface area contributed by atoms with Crippen molar-refractivity contribution in [2.75, 3.05) is 59.0 Å². The topological polar surface area (TPSA) is 151 Å². The van der Waals surface area contributed by atoms with Crippen LogP contribution in [0, 0.1) is 12.3 Å². The average Bonchev–Trinajstić information content (AvgIpc) is 3.98. The molecule has 0 spiro atoms. The third-order valence-corrected chi connectivity index (χ3v) is 14.7. The van der Waals surface area contributed by atoms with E-state index in [1.165, 1.54) is 12.8 Å². The van der Waals surface area contributed by atoms with Gasteiger partial charge in [-0.3, -0.25) is 14.5 Å². The molecule has 0 saturated carbocycles. The van der Waals surface area contributed by atoms with E-state index in [0.717, 1.165) is 127 Å². The van der Waals surface area contributed by atoms with Crippen molar-refractivity contribution in [1.82, 2.24) is 30.3 Å². The van der Waals surface area contributed by atoms with Crippen molar-refractivity contribution in [3.63, 3.8) is 0 Å². The number of hydrogen-bond acceptors (Lipinski definition) is 11. The van der Waals surface area contributed by atoms with Crippen LogP contribution in [0.4, 0.5) is 0 Å². The van der Waals surface area contributed by atoms with Crippen LogP contribution < -0.4 is 15.4 Å². The van der Waals surface area contributed by atoms with E-state index in [0.29, 0.717) is 13.2 Å². The Balaban J connectivity index is 0.775. The summed E-state index contributed by atoms with van der Waals surface area (Å²) in [7, 11) is 0. The second kappa shape index (κ2) is 25.0. The molecule has 0 aliphatic carbocycles. The predicted molar refractivity (Wildman–Crippen MR) is 282 cm³/mol. The Labute approximate surface area is 419 Å². The molecule has 0 bridgehead atoms. The molecule has 70 heavy (non-hydrogen) atoms. The van der Waals surface area contributed by atoms with Crippen LogP contribution >= 0.6 is 11.3 Å². The molecule has 13 heteroatoms. The fourth-order valence-electron chi connectivity index (χ4n) is 9.71. The van der Waals surface area contributed by atoms with Gasteiger partial charge in [0.1, 0.15) is 29.9 Å². The fourth-order valence-corrected chi connectivity index (χ4v) is 10.5. The Morgan fingerprint density at radius 3 is 1.97 bits per heavy atom. The summed E-state index contributed by atoms with van der Waals surface area (Å²) in [5.41, 5.74) is 9.89. The summed E-state index contributed by atoms with van der Waals surface area (Å²) in [4.78, 5) is 39.7. The van der Waals surface area contributed by atoms with Gasteiger partial charge in [-0.25, -0.2) is 4.98 Å². The van der Waals surface area contributed by atoms with Crippen molar-refractivity contribution in [2.45, 2.75) is 104 Å². The predicted octanol–water partition coefficient (Wildman–Crippen LogP) is 9.13. The van der Waals surface area contributed by atoms with Crippen molar-refractivity contribution in [2.24, 2.45) is 5.41 Å². The number of amides is 2. The summed E-state index contributed by atoms with van der Waals surface area (Å²) in [6.45, 7) is 18.3. The van der Waals surface area contributed by atoms with E-state index in [9.17, 15) is 24.9 Å². The minimum Gasteiger partial charge on any atom is -0.508 e. The number of aromatic hydroxyl groups is 2. The van der Waals surface area contributed by atoms with E-state index in [-0.39, 0.29) is 41.7 Å². The number of hydrogen-bond donors (Lipinski definition) is 5. The summed E-state index contributed by atoms with van der Waals surface area (Å²) in [5.74, 6) is 0.932. The lowest BCUT2D eigenvalue weighted by molar-refractivity contribution is -0.142. The van der Waals surface area contributed by atoms with Gasteiger partial charge in [0, 0.05) is 52.2 Å². The number of ether oxygens (including phenoxy) is 1. The normalized spacial score (nSPS) is 17.6. The van der Waals surface area contributed by atoms with E-state index in [1.54, 1.807) is 40.5 Å². The maximum Gasteiger partial charge on any atom is 0.243 e. The highest BCUT2D eigenvalue weighted by molar-refractivity contribution is 7.13. The lowest BCUT2D eigenvalue weighted by atomic mass is 9.85. The number of unbranched alkanes of at least 4 members (excludes halogenated alkanes) is 4. The number of aliphatic hydroxyl groups excluding tert-OH is 1. The number of carbonyl (C=O) groups excluding carboxylic acids is 2. The van der Waals surface area contributed by atoms with Gasteiger partial charge in [-0.05, 0) is 120 Å². The molecular weight excluding hydrogens is 897 g/mol. The number of phenols is 2. The number of benzene rings is 4. The third kappa shape index (κ3) is 14.3. The highest BCUT2D eigenvalue weighted by atomic mass is 32.1. The molecule has 374 valence electrons. The molecule has 12 nitrogen and oxygen atoms in total. The fraction of sp³-hybridized carbons (Fsp3) is 0.456. The monoisotopic (exact) mass is 971 g/mol. The number of aryl methyl sites for hydroxylation is 1. The second-order valence-corrected chi connectivity index (χ2v) is 20.8. The zero-order valence-corrected chi connectivity index (χ0v) is 42.6. The van der Waals surface area contributed by atoms with Crippen molar-refractivity contribution in [1.29, 1.82) is 0 Å². The van der Waals surface area contributed by atoms with Gasteiger partial charge in [0.15, 0.2) is 0 Å². The average molecular weight is 971 g/mol. The molecule has 5 N–H and O–H groups in total. The van der Waals surface area contributed by atoms with Gasteiger partial charge < -0.3 is 40.5 Å². The van der Waals surface area contributed by atoms with Gasteiger partial charge in [-0.2, -0.15) is 0 Å². The van der Waals surface area contributed by atoms with Crippen molar-refractivity contribution >= 4 is 34.3 Å². The third-order valence-electron chi connectivity index (χ3n) is 13.7. The number of allylic oxidation sites excluding steroid dienone is 1. The van der Waals surface area contributed by atoms with Crippen LogP contribution in [0.5, 0.6) is 17.2 Å². The number of β-amino-alcohol motifs (C(OH)–C–C–N with tert-alkyl or cyclic N) is 1. The number of likely N-dealkylation sites (tertiary alicyclic amines) is 1. The summed E-state index contributed by atoms with van der Waals surface area (Å²) >= 11 is 1.61. The molecule has 5 aromatic rings. The van der Waals surface area contributed by atoms with Crippen LogP contribution in [0.25, 0.3) is 21.6 Å². The summed E-state index contributed by atoms with van der Waals surface area (Å²) in [5, 5.41) is 37.1. The number of phenolic OH excluding ortho intramolecular Hbond substituents is 2. The first kappa shape index (κ1) is 52.3. The minimum absolute atomic E-state index is 0.129. The Hall–Kier alpha value is -5.57. The van der Waals surface area contributed by atoms with Gasteiger partial charge in [0.2, 0.25) is 11.8 Å². The van der Waals surface area contributed by atoms with Crippen LogP contribution in [0.15, 0.2) is 103 Å². The molecule has 0 radical (unpaired) electrons. The van der Waals surface area contributed by atoms with E-state index in [4.69, 9.17) is 4.74 Å². The molecule has 2 amide bonds. The van der Waals surface area contributed by atoms with Crippen LogP contribution in [-0.4, -0.2) is 124 Å². The molecule has 2 saturated heterocycles. The molecule has 2 fully saturated rings. The Morgan fingerprint density at radius 1 is 0.786 bits per heavy atom. The quantitative estimate of drug-likeness (QED) is 0.0336. The van der Waals surface area contributed by atoms with Gasteiger partial charge in [0.25, 0.3) is 0 Å². The minimum atomic E-state index is -0.737. The molecular formula is C57H74N6O6S. The lowest BCUT2D eigenvalue weighted by Gasteiger charge is -2.35. The number of carbonyl (C=O) groups is 2. The first-order valence-electron chi connectivity index (χ1n) is 25.3. The Kier molecular flexibility index (Phi) is 18.7. The van der Waals surface area contributed by atoms with Crippen LogP contribution in [-0.2, 0) is 16.1 Å². The lowest BCUT2D eigenvalue weighted by Crippen LogP contribution is -2.56. The Bertz CT molecular complexity index is 2460. The van der Waals surface area contributed by atoms with E-state index in [1.807, 2.05) is 73.1 Å². The zero-order chi connectivity index (χ0) is 49.6. The SMILES string of the molecule is CCC(=C(c1ccc(O)cc1)c1ccc(OCCN2CCN(CCCCCCCNC(C(=O)N3C[C@H](O)C[C@H]3C(=O)NCc3ccc(-c4scnc4C)cc3)C(C)(C)C)CC2)cc1)c1ccc(O)cc1. The van der Waals surface area contributed by atoms with E-state index < -0.39 is 18.2 Å². The molecule has 1 unspecified atom stereocenters. The summed E-state index contributed by atoms with van der Waals surface area (Å²) in [6, 6.07) is 29.8. The number of thiazole rings is 1. The molecule has 2 aliphatic heterocycles. The number of nitrogens with zero attached hydrogens (tertiary/aromatic N) is 4. The number of aromatic nitrogens is 1. The van der Waals surface area contributed by atoms with Crippen LogP contribution in [0.3, 0.4) is 0 Å². The zero-order valence-electron chi connectivity index (χ0n) is 41.8. The smallest absolute Gasteiger partial charge is 0.243 e. The highest BCUT2D eigenvalue weighted by Crippen LogP contribution is 2.36. The second-order valence-electron chi connectivity index (χ2n) is 20.0. The number of aliphatic hydroxyl groups is 1. The van der Waals surface area contributed by atoms with Gasteiger partial charge in [-0.1, -0.05) is 108 Å². The molecule has 7 rings (SSSR count). The van der Waals surface area contributed by atoms with Crippen molar-refractivity contribution in [3.8, 4) is 27.7 Å². The Morgan fingerprint density at radius 2 is 1.37 bits per heavy atom. The van der Waals surface area contributed by atoms with Crippen molar-refractivity contribution < 1.29 is 29.6 Å². The standard InChI is InChI=1S/C57H74N6O6S/c1-6-50(42-16-22-46(64)23-17-42)52(43-18-24-47(65)25-19-43)44-20-26-49(27-21-44)69-35-34-62-32-30-61(31-33-62)29-11-9-7-8-10-28-58-54(57(3,4)5)56(68)63-38-48(66)36-51(63)55(67)59-37-41-12-14-45(15-13-41)53-40(2)60-39-70-53/h12-27,39,48,51,54,58,64-66H,6-11,28-38H2,1-5H3,(H,59,67)/t48-,51+,54?/m1/s1. The maximum absolute atomic E-state index is 14.1. The molecule has 3 atom stereocenters. The van der Waals surface area contributed by atoms with E-state index >= 15 is 0 Å². The molecule has 2 aliphatic rings. The van der Waals surface area contributed by atoms with Gasteiger partial charge in [-0.15, -0.1) is 11.3 Å². The van der Waals surface area contributed by atoms with Gasteiger partial charge >= 0.3 is 0 Å². The molecule has 1 aromatic heterocycles. The maximum atomic E-state index is 14.1. The summed E-state index contributed by atoms with van der Waals surface area (Å²) < 4.78 is 6.23. The number of nitrogens with one attached hydrogen (secondary N) is 2. The first-order chi connectivity index (χ1) is 33.8. The van der Waals surface area contributed by atoms with Crippen LogP contribution in [0.2, 0.25) is 0 Å². The van der Waals surface area contributed by atoms with Gasteiger partial charge in [0.05, 0.1) is 28.2 Å². The molecule has 3 heterocycles.